The minimum absolute atomic E-state index is 0.104. The fourth-order valence-electron chi connectivity index (χ4n) is 2.60. The first-order valence-electron chi connectivity index (χ1n) is 6.80. The first-order chi connectivity index (χ1) is 10.7. The molecule has 1 saturated heterocycles. The number of hydrogen-bond donors (Lipinski definition) is 2. The fourth-order valence-corrected chi connectivity index (χ4v) is 2.77. The highest BCUT2D eigenvalue weighted by molar-refractivity contribution is 6.31. The van der Waals surface area contributed by atoms with Crippen molar-refractivity contribution < 1.29 is 18.7 Å². The van der Waals surface area contributed by atoms with Gasteiger partial charge in [-0.05, 0) is 18.2 Å². The van der Waals surface area contributed by atoms with E-state index in [-0.39, 0.29) is 13.0 Å². The highest BCUT2D eigenvalue weighted by Gasteiger charge is 2.60. The van der Waals surface area contributed by atoms with Gasteiger partial charge in [-0.3, -0.25) is 9.78 Å². The maximum absolute atomic E-state index is 13.8. The van der Waals surface area contributed by atoms with E-state index in [4.69, 9.17) is 17.3 Å². The Labute approximate surface area is 134 Å². The lowest BCUT2D eigenvalue weighted by molar-refractivity contribution is -0.183. The van der Waals surface area contributed by atoms with Crippen LogP contribution in [0.2, 0.25) is 5.02 Å². The van der Waals surface area contributed by atoms with Gasteiger partial charge in [-0.2, -0.15) is 8.78 Å². The van der Waals surface area contributed by atoms with Gasteiger partial charge < -0.3 is 15.7 Å². The minimum Gasteiger partial charge on any atom is -0.381 e. The predicted octanol–water partition coefficient (Wildman–Crippen LogP) is 1.34. The number of aliphatic hydroxyl groups is 1. The number of fused-ring (bicyclic) bond motifs is 1. The molecule has 1 atom stereocenters. The van der Waals surface area contributed by atoms with Gasteiger partial charge in [0.1, 0.15) is 5.82 Å². The Balaban J connectivity index is 1.90. The summed E-state index contributed by atoms with van der Waals surface area (Å²) in [6, 6.07) is 4.94. The SMILES string of the molecule is NC(=O)C(F)(F)C1(O)CCN(c2cnc3cc(Cl)ccc3n2)C1. The lowest BCUT2D eigenvalue weighted by Crippen LogP contribution is -2.57. The highest BCUT2D eigenvalue weighted by Crippen LogP contribution is 2.37. The van der Waals surface area contributed by atoms with Gasteiger partial charge >= 0.3 is 5.92 Å². The van der Waals surface area contributed by atoms with E-state index >= 15 is 0 Å². The number of halogens is 3. The van der Waals surface area contributed by atoms with E-state index in [2.05, 4.69) is 9.97 Å². The third kappa shape index (κ3) is 2.57. The molecule has 1 aromatic carbocycles. The van der Waals surface area contributed by atoms with Crippen LogP contribution in [0.4, 0.5) is 14.6 Å². The molecule has 0 bridgehead atoms. The van der Waals surface area contributed by atoms with Gasteiger partial charge in [0.25, 0.3) is 5.91 Å². The van der Waals surface area contributed by atoms with Crippen LogP contribution in [0, 0.1) is 0 Å². The maximum Gasteiger partial charge on any atom is 0.353 e. The van der Waals surface area contributed by atoms with E-state index in [0.29, 0.717) is 21.9 Å². The first-order valence-corrected chi connectivity index (χ1v) is 7.18. The lowest BCUT2D eigenvalue weighted by atomic mass is 9.94. The number of primary amides is 1. The maximum atomic E-state index is 13.8. The number of β-amino-alcohol motifs (C(OH)–C–C–N with tert-alkyl or cyclic N) is 1. The average molecular weight is 343 g/mol. The number of carbonyl (C=O) groups is 1. The van der Waals surface area contributed by atoms with Gasteiger partial charge in [0, 0.05) is 18.0 Å². The summed E-state index contributed by atoms with van der Waals surface area (Å²) in [6.07, 6.45) is 1.11. The van der Waals surface area contributed by atoms with Gasteiger partial charge in [0.05, 0.1) is 23.8 Å². The predicted molar refractivity (Wildman–Crippen MR) is 80.5 cm³/mol. The van der Waals surface area contributed by atoms with Crippen LogP contribution in [0.1, 0.15) is 6.42 Å². The van der Waals surface area contributed by atoms with Crippen molar-refractivity contribution in [1.29, 1.82) is 0 Å². The van der Waals surface area contributed by atoms with Crippen molar-refractivity contribution >= 4 is 34.4 Å². The van der Waals surface area contributed by atoms with Crippen LogP contribution in [-0.4, -0.2) is 45.6 Å². The molecule has 1 aliphatic heterocycles. The molecular weight excluding hydrogens is 330 g/mol. The molecule has 0 radical (unpaired) electrons. The van der Waals surface area contributed by atoms with E-state index in [1.165, 1.54) is 11.1 Å². The number of amides is 1. The second-order valence-corrected chi connectivity index (χ2v) is 5.94. The summed E-state index contributed by atoms with van der Waals surface area (Å²) in [4.78, 5) is 20.9. The van der Waals surface area contributed by atoms with E-state index in [1.54, 1.807) is 18.2 Å². The van der Waals surface area contributed by atoms with Crippen LogP contribution in [0.3, 0.4) is 0 Å². The number of aromatic nitrogens is 2. The molecule has 1 amide bonds. The van der Waals surface area contributed by atoms with Crippen molar-refractivity contribution in [1.82, 2.24) is 9.97 Å². The largest absolute Gasteiger partial charge is 0.381 e. The van der Waals surface area contributed by atoms with E-state index in [0.717, 1.165) is 0 Å². The lowest BCUT2D eigenvalue weighted by Gasteiger charge is -2.29. The zero-order valence-corrected chi connectivity index (χ0v) is 12.6. The molecule has 0 aliphatic carbocycles. The Bertz CT molecular complexity index is 788. The Morgan fingerprint density at radius 3 is 2.87 bits per heavy atom. The van der Waals surface area contributed by atoms with Crippen molar-refractivity contribution in [3.63, 3.8) is 0 Å². The third-order valence-corrected chi connectivity index (χ3v) is 4.19. The molecule has 1 aliphatic rings. The Kier molecular flexibility index (Phi) is 3.61. The van der Waals surface area contributed by atoms with Gasteiger partial charge in [-0.1, -0.05) is 11.6 Å². The standard InChI is InChI=1S/C14H13ClF2N4O2/c15-8-1-2-9-10(5-8)19-6-11(20-9)21-4-3-13(23,7-21)14(16,17)12(18)22/h1-2,5-6,23H,3-4,7H2,(H2,18,22). The summed E-state index contributed by atoms with van der Waals surface area (Å²) in [6.45, 7) is -0.357. The van der Waals surface area contributed by atoms with E-state index in [1.807, 2.05) is 0 Å². The number of nitrogens with two attached hydrogens (primary N) is 1. The average Bonchev–Trinajstić information content (AvgIpc) is 2.91. The van der Waals surface area contributed by atoms with Gasteiger partial charge in [-0.15, -0.1) is 0 Å². The first kappa shape index (κ1) is 15.8. The Morgan fingerprint density at radius 1 is 1.43 bits per heavy atom. The number of anilines is 1. The molecule has 23 heavy (non-hydrogen) atoms. The van der Waals surface area contributed by atoms with Crippen molar-refractivity contribution in [3.05, 3.63) is 29.4 Å². The summed E-state index contributed by atoms with van der Waals surface area (Å²) in [5.74, 6) is -5.53. The zero-order valence-electron chi connectivity index (χ0n) is 11.8. The number of rotatable bonds is 3. The molecule has 0 saturated carbocycles. The summed E-state index contributed by atoms with van der Waals surface area (Å²) >= 11 is 5.86. The third-order valence-electron chi connectivity index (χ3n) is 3.96. The summed E-state index contributed by atoms with van der Waals surface area (Å²) in [5.41, 5.74) is 3.29. The molecule has 3 N–H and O–H groups in total. The zero-order chi connectivity index (χ0) is 16.8. The van der Waals surface area contributed by atoms with Crippen LogP contribution in [0.15, 0.2) is 24.4 Å². The fraction of sp³-hybridized carbons (Fsp3) is 0.357. The summed E-state index contributed by atoms with van der Waals surface area (Å²) in [7, 11) is 0. The monoisotopic (exact) mass is 342 g/mol. The van der Waals surface area contributed by atoms with Gasteiger partial charge in [0.15, 0.2) is 5.60 Å². The number of nitrogens with zero attached hydrogens (tertiary/aromatic N) is 3. The van der Waals surface area contributed by atoms with Crippen LogP contribution >= 0.6 is 11.6 Å². The van der Waals surface area contributed by atoms with Crippen molar-refractivity contribution in [2.24, 2.45) is 5.73 Å². The molecule has 2 aromatic rings. The smallest absolute Gasteiger partial charge is 0.353 e. The molecule has 2 heterocycles. The topological polar surface area (TPSA) is 92.3 Å². The molecule has 1 aromatic heterocycles. The molecule has 3 rings (SSSR count). The number of alkyl halides is 2. The molecular formula is C14H13ClF2N4O2. The minimum atomic E-state index is -4.01. The van der Waals surface area contributed by atoms with Crippen molar-refractivity contribution in [2.75, 3.05) is 18.0 Å². The number of carbonyl (C=O) groups excluding carboxylic acids is 1. The van der Waals surface area contributed by atoms with Crippen LogP contribution < -0.4 is 10.6 Å². The normalized spacial score (nSPS) is 21.8. The van der Waals surface area contributed by atoms with Crippen LogP contribution in [-0.2, 0) is 4.79 Å². The quantitative estimate of drug-likeness (QED) is 0.878. The van der Waals surface area contributed by atoms with E-state index < -0.39 is 24.0 Å². The molecule has 9 heteroatoms. The summed E-state index contributed by atoms with van der Waals surface area (Å²) in [5, 5.41) is 10.6. The van der Waals surface area contributed by atoms with E-state index in [9.17, 15) is 18.7 Å². The molecule has 122 valence electrons. The molecule has 6 nitrogen and oxygen atoms in total. The second-order valence-electron chi connectivity index (χ2n) is 5.50. The second kappa shape index (κ2) is 5.24. The Hall–Kier alpha value is -2.06. The Morgan fingerprint density at radius 2 is 2.17 bits per heavy atom. The molecule has 1 unspecified atom stereocenters. The molecule has 1 fully saturated rings. The van der Waals surface area contributed by atoms with Gasteiger partial charge in [0.2, 0.25) is 0 Å². The molecule has 0 spiro atoms. The summed E-state index contributed by atoms with van der Waals surface area (Å²) < 4.78 is 27.6. The highest BCUT2D eigenvalue weighted by atomic mass is 35.5. The van der Waals surface area contributed by atoms with Crippen LogP contribution in [0.5, 0.6) is 0 Å². The van der Waals surface area contributed by atoms with Crippen molar-refractivity contribution in [2.45, 2.75) is 17.9 Å². The number of benzene rings is 1. The van der Waals surface area contributed by atoms with Crippen LogP contribution in [0.25, 0.3) is 11.0 Å². The number of hydrogen-bond acceptors (Lipinski definition) is 5. The van der Waals surface area contributed by atoms with Crippen molar-refractivity contribution in [3.8, 4) is 0 Å². The van der Waals surface area contributed by atoms with Gasteiger partial charge in [-0.25, -0.2) is 4.98 Å².